The van der Waals surface area contributed by atoms with E-state index in [-0.39, 0.29) is 5.75 Å². The first-order valence-electron chi connectivity index (χ1n) is 8.42. The molecule has 1 saturated carbocycles. The Morgan fingerprint density at radius 3 is 2.41 bits per heavy atom. The van der Waals surface area contributed by atoms with Crippen molar-refractivity contribution < 1.29 is 8.42 Å². The number of hydrogen-bond acceptors (Lipinski definition) is 4. The Labute approximate surface area is 134 Å². The average Bonchev–Trinajstić information content (AvgIpc) is 2.80. The first-order valence-corrected chi connectivity index (χ1v) is 10.1. The molecule has 2 rings (SSSR count). The molecule has 4 nitrogen and oxygen atoms in total. The number of nitrogens with one attached hydrogen (secondary N) is 2. The van der Waals surface area contributed by atoms with Gasteiger partial charge in [-0.3, -0.25) is 0 Å². The van der Waals surface area contributed by atoms with Gasteiger partial charge in [0.1, 0.15) is 0 Å². The van der Waals surface area contributed by atoms with Crippen molar-refractivity contribution in [2.24, 2.45) is 0 Å². The smallest absolute Gasteiger partial charge is 0.180 e. The highest BCUT2D eigenvalue weighted by molar-refractivity contribution is 7.91. The summed E-state index contributed by atoms with van der Waals surface area (Å²) in [4.78, 5) is 0.409. The van der Waals surface area contributed by atoms with E-state index in [1.54, 1.807) is 19.1 Å². The number of hydrogen-bond donors (Lipinski definition) is 2. The van der Waals surface area contributed by atoms with E-state index in [9.17, 15) is 8.42 Å². The van der Waals surface area contributed by atoms with Gasteiger partial charge >= 0.3 is 0 Å². The number of para-hydroxylation sites is 1. The van der Waals surface area contributed by atoms with E-state index in [0.717, 1.165) is 13.1 Å². The predicted molar refractivity (Wildman–Crippen MR) is 92.2 cm³/mol. The van der Waals surface area contributed by atoms with E-state index in [0.29, 0.717) is 16.6 Å². The van der Waals surface area contributed by atoms with E-state index in [4.69, 9.17) is 0 Å². The molecule has 0 saturated heterocycles. The van der Waals surface area contributed by atoms with Crippen molar-refractivity contribution in [3.05, 3.63) is 24.3 Å². The third-order valence-electron chi connectivity index (χ3n) is 4.33. The van der Waals surface area contributed by atoms with Gasteiger partial charge < -0.3 is 10.6 Å². The molecular weight excluding hydrogens is 296 g/mol. The molecule has 0 aliphatic heterocycles. The van der Waals surface area contributed by atoms with Crippen molar-refractivity contribution in [1.82, 2.24) is 5.32 Å². The molecule has 0 atom stereocenters. The van der Waals surface area contributed by atoms with Gasteiger partial charge in [-0.05, 0) is 25.0 Å². The molecule has 0 amide bonds. The largest absolute Gasteiger partial charge is 0.383 e. The second-order valence-corrected chi connectivity index (χ2v) is 8.22. The Balaban J connectivity index is 1.84. The van der Waals surface area contributed by atoms with Gasteiger partial charge in [-0.2, -0.15) is 0 Å². The summed E-state index contributed by atoms with van der Waals surface area (Å²) in [5.41, 5.74) is 0.715. The molecular formula is C17H28N2O2S. The van der Waals surface area contributed by atoms with Crippen LogP contribution in [0.5, 0.6) is 0 Å². The van der Waals surface area contributed by atoms with Gasteiger partial charge in [0.05, 0.1) is 16.3 Å². The first kappa shape index (κ1) is 17.3. The van der Waals surface area contributed by atoms with Crippen molar-refractivity contribution >= 4 is 15.5 Å². The lowest BCUT2D eigenvalue weighted by molar-refractivity contribution is 0.468. The topological polar surface area (TPSA) is 58.2 Å². The third kappa shape index (κ3) is 4.99. The van der Waals surface area contributed by atoms with Gasteiger partial charge in [0, 0.05) is 19.1 Å². The summed E-state index contributed by atoms with van der Waals surface area (Å²) in [5, 5.41) is 6.86. The number of rotatable bonds is 7. The molecule has 22 heavy (non-hydrogen) atoms. The maximum absolute atomic E-state index is 12.1. The second-order valence-electron chi connectivity index (χ2n) is 5.97. The van der Waals surface area contributed by atoms with Crippen LogP contribution >= 0.6 is 0 Å². The molecule has 5 heteroatoms. The zero-order valence-electron chi connectivity index (χ0n) is 13.5. The van der Waals surface area contributed by atoms with Crippen LogP contribution in [0.1, 0.15) is 45.4 Å². The van der Waals surface area contributed by atoms with Crippen LogP contribution in [0.3, 0.4) is 0 Å². The Morgan fingerprint density at radius 2 is 1.73 bits per heavy atom. The average molecular weight is 324 g/mol. The summed E-state index contributed by atoms with van der Waals surface area (Å²) in [5.74, 6) is 0.131. The van der Waals surface area contributed by atoms with Gasteiger partial charge in [-0.15, -0.1) is 0 Å². The minimum atomic E-state index is -3.17. The normalized spacial score (nSPS) is 17.1. The van der Waals surface area contributed by atoms with E-state index >= 15 is 0 Å². The van der Waals surface area contributed by atoms with Crippen LogP contribution in [0, 0.1) is 0 Å². The Hall–Kier alpha value is -1.07. The summed E-state index contributed by atoms with van der Waals surface area (Å²) in [6.45, 7) is 3.29. The van der Waals surface area contributed by atoms with Crippen molar-refractivity contribution in [2.45, 2.75) is 56.4 Å². The third-order valence-corrected chi connectivity index (χ3v) is 6.12. The fourth-order valence-corrected chi connectivity index (χ4v) is 4.07. The maximum atomic E-state index is 12.1. The lowest BCUT2D eigenvalue weighted by Gasteiger charge is -2.17. The van der Waals surface area contributed by atoms with Crippen LogP contribution in [-0.4, -0.2) is 33.3 Å². The van der Waals surface area contributed by atoms with Gasteiger partial charge in [0.2, 0.25) is 0 Å². The highest BCUT2D eigenvalue weighted by atomic mass is 32.2. The number of sulfone groups is 1. The van der Waals surface area contributed by atoms with Crippen LogP contribution < -0.4 is 10.6 Å². The molecule has 1 aliphatic carbocycles. The zero-order chi connectivity index (χ0) is 15.8. The molecule has 1 aromatic carbocycles. The summed E-state index contributed by atoms with van der Waals surface area (Å²) in [6.07, 6.45) is 7.89. The minimum Gasteiger partial charge on any atom is -0.383 e. The van der Waals surface area contributed by atoms with Crippen LogP contribution in [-0.2, 0) is 9.84 Å². The molecule has 1 aliphatic rings. The quantitative estimate of drug-likeness (QED) is 0.597. The highest BCUT2D eigenvalue weighted by Crippen LogP contribution is 2.21. The van der Waals surface area contributed by atoms with Crippen LogP contribution in [0.2, 0.25) is 0 Å². The molecule has 1 fully saturated rings. The van der Waals surface area contributed by atoms with Crippen molar-refractivity contribution in [1.29, 1.82) is 0 Å². The summed E-state index contributed by atoms with van der Waals surface area (Å²) in [7, 11) is -3.17. The Bertz CT molecular complexity index is 550. The van der Waals surface area contributed by atoms with Crippen LogP contribution in [0.25, 0.3) is 0 Å². The van der Waals surface area contributed by atoms with E-state index in [1.165, 1.54) is 38.5 Å². The molecule has 0 unspecified atom stereocenters. The highest BCUT2D eigenvalue weighted by Gasteiger charge is 2.16. The van der Waals surface area contributed by atoms with Crippen LogP contribution in [0.4, 0.5) is 5.69 Å². The zero-order valence-corrected chi connectivity index (χ0v) is 14.3. The van der Waals surface area contributed by atoms with Gasteiger partial charge in [-0.1, -0.05) is 44.7 Å². The number of benzene rings is 1. The lowest BCUT2D eigenvalue weighted by Crippen LogP contribution is -2.32. The molecule has 0 radical (unpaired) electrons. The molecule has 0 spiro atoms. The molecule has 0 aromatic heterocycles. The first-order chi connectivity index (χ1) is 10.6. The summed E-state index contributed by atoms with van der Waals surface area (Å²) in [6, 6.07) is 7.79. The standard InChI is InChI=1S/C17H28N2O2S/c1-2-22(20,21)17-12-8-7-11-16(17)19-14-13-18-15-9-5-3-4-6-10-15/h7-8,11-12,15,18-19H,2-6,9-10,13-14H2,1H3. The van der Waals surface area contributed by atoms with Gasteiger partial charge in [0.25, 0.3) is 0 Å². The molecule has 0 heterocycles. The number of anilines is 1. The van der Waals surface area contributed by atoms with Gasteiger partial charge in [-0.25, -0.2) is 8.42 Å². The van der Waals surface area contributed by atoms with E-state index in [1.807, 2.05) is 12.1 Å². The molecule has 124 valence electrons. The lowest BCUT2D eigenvalue weighted by atomic mass is 10.1. The Kier molecular flexibility index (Phi) is 6.70. The van der Waals surface area contributed by atoms with Crippen molar-refractivity contribution in [3.8, 4) is 0 Å². The maximum Gasteiger partial charge on any atom is 0.180 e. The SMILES string of the molecule is CCS(=O)(=O)c1ccccc1NCCNC1CCCCCC1. The van der Waals surface area contributed by atoms with E-state index < -0.39 is 9.84 Å². The van der Waals surface area contributed by atoms with Gasteiger partial charge in [0.15, 0.2) is 9.84 Å². The monoisotopic (exact) mass is 324 g/mol. The summed E-state index contributed by atoms with van der Waals surface area (Å²) < 4.78 is 24.2. The molecule has 2 N–H and O–H groups in total. The van der Waals surface area contributed by atoms with Crippen molar-refractivity contribution in [2.75, 3.05) is 24.2 Å². The Morgan fingerprint density at radius 1 is 1.05 bits per heavy atom. The second kappa shape index (κ2) is 8.53. The van der Waals surface area contributed by atoms with E-state index in [2.05, 4.69) is 10.6 Å². The predicted octanol–water partition coefficient (Wildman–Crippen LogP) is 3.20. The minimum absolute atomic E-state index is 0.131. The summed E-state index contributed by atoms with van der Waals surface area (Å²) >= 11 is 0. The molecule has 0 bridgehead atoms. The van der Waals surface area contributed by atoms with Crippen molar-refractivity contribution in [3.63, 3.8) is 0 Å². The fraction of sp³-hybridized carbons (Fsp3) is 0.647. The van der Waals surface area contributed by atoms with Crippen LogP contribution in [0.15, 0.2) is 29.2 Å². The molecule has 1 aromatic rings. The fourth-order valence-electron chi connectivity index (χ4n) is 3.00.